The highest BCUT2D eigenvalue weighted by molar-refractivity contribution is 5.79. The van der Waals surface area contributed by atoms with Gasteiger partial charge in [0.25, 0.3) is 0 Å². The summed E-state index contributed by atoms with van der Waals surface area (Å²) in [6.07, 6.45) is 8.44. The largest absolute Gasteiger partial charge is 0.300 e. The van der Waals surface area contributed by atoms with Crippen LogP contribution in [0, 0.1) is 5.92 Å². The van der Waals surface area contributed by atoms with Crippen LogP contribution in [-0.4, -0.2) is 29.3 Å². The van der Waals surface area contributed by atoms with Crippen LogP contribution in [0.25, 0.3) is 0 Å². The Labute approximate surface area is 99.4 Å². The first-order chi connectivity index (χ1) is 7.70. The maximum atomic E-state index is 11.4. The van der Waals surface area contributed by atoms with E-state index in [-0.39, 0.29) is 0 Å². The SMILES string of the molecule is CCC1CCC(N2CCC(=O)CC2C)CC1. The molecule has 1 aliphatic carbocycles. The molecule has 1 atom stereocenters. The van der Waals surface area contributed by atoms with Crippen LogP contribution in [0.15, 0.2) is 0 Å². The Hall–Kier alpha value is -0.370. The van der Waals surface area contributed by atoms with Gasteiger partial charge in [0.2, 0.25) is 0 Å². The third-order valence-corrected chi connectivity index (χ3v) is 4.60. The highest BCUT2D eigenvalue weighted by Gasteiger charge is 2.31. The zero-order valence-electron chi connectivity index (χ0n) is 10.7. The molecule has 0 aromatic rings. The molecule has 2 heteroatoms. The Morgan fingerprint density at radius 3 is 2.50 bits per heavy atom. The summed E-state index contributed by atoms with van der Waals surface area (Å²) in [5.74, 6) is 1.43. The van der Waals surface area contributed by atoms with Gasteiger partial charge in [0, 0.05) is 31.5 Å². The molecule has 1 heterocycles. The zero-order valence-corrected chi connectivity index (χ0v) is 10.7. The smallest absolute Gasteiger partial charge is 0.135 e. The van der Waals surface area contributed by atoms with Gasteiger partial charge in [-0.15, -0.1) is 0 Å². The lowest BCUT2D eigenvalue weighted by molar-refractivity contribution is -0.123. The van der Waals surface area contributed by atoms with E-state index in [4.69, 9.17) is 0 Å². The second kappa shape index (κ2) is 5.31. The van der Waals surface area contributed by atoms with Gasteiger partial charge in [0.15, 0.2) is 0 Å². The lowest BCUT2D eigenvalue weighted by Crippen LogP contribution is -2.48. The van der Waals surface area contributed by atoms with Crippen LogP contribution in [0.2, 0.25) is 0 Å². The minimum Gasteiger partial charge on any atom is -0.300 e. The van der Waals surface area contributed by atoms with Gasteiger partial charge in [-0.1, -0.05) is 13.3 Å². The molecule has 92 valence electrons. The topological polar surface area (TPSA) is 20.3 Å². The second-order valence-electron chi connectivity index (χ2n) is 5.66. The molecule has 1 saturated carbocycles. The minimum atomic E-state index is 0.464. The van der Waals surface area contributed by atoms with Crippen molar-refractivity contribution < 1.29 is 4.79 Å². The van der Waals surface area contributed by atoms with Gasteiger partial charge < -0.3 is 0 Å². The number of likely N-dealkylation sites (tertiary alicyclic amines) is 1. The third-order valence-electron chi connectivity index (χ3n) is 4.60. The van der Waals surface area contributed by atoms with E-state index in [2.05, 4.69) is 18.7 Å². The molecule has 2 fully saturated rings. The number of hydrogen-bond donors (Lipinski definition) is 0. The van der Waals surface area contributed by atoms with Gasteiger partial charge in [-0.2, -0.15) is 0 Å². The minimum absolute atomic E-state index is 0.464. The van der Waals surface area contributed by atoms with Crippen molar-refractivity contribution in [1.29, 1.82) is 0 Å². The van der Waals surface area contributed by atoms with E-state index in [1.807, 2.05) is 0 Å². The summed E-state index contributed by atoms with van der Waals surface area (Å²) in [5, 5.41) is 0. The van der Waals surface area contributed by atoms with E-state index >= 15 is 0 Å². The summed E-state index contributed by atoms with van der Waals surface area (Å²) >= 11 is 0. The standard InChI is InChI=1S/C14H25NO/c1-3-12-4-6-13(7-5-12)15-9-8-14(16)10-11(15)2/h11-13H,3-10H2,1-2H3. The molecular weight excluding hydrogens is 198 g/mol. The van der Waals surface area contributed by atoms with Crippen molar-refractivity contribution in [3.8, 4) is 0 Å². The van der Waals surface area contributed by atoms with Gasteiger partial charge in [0.1, 0.15) is 5.78 Å². The summed E-state index contributed by atoms with van der Waals surface area (Å²) in [4.78, 5) is 14.0. The van der Waals surface area contributed by atoms with Crippen LogP contribution in [-0.2, 0) is 4.79 Å². The van der Waals surface area contributed by atoms with E-state index in [1.54, 1.807) is 0 Å². The van der Waals surface area contributed by atoms with E-state index in [0.29, 0.717) is 11.8 Å². The molecule has 0 spiro atoms. The molecule has 0 bridgehead atoms. The highest BCUT2D eigenvalue weighted by atomic mass is 16.1. The number of rotatable bonds is 2. The molecule has 0 N–H and O–H groups in total. The fourth-order valence-electron chi connectivity index (χ4n) is 3.45. The first kappa shape index (κ1) is 12.1. The molecule has 16 heavy (non-hydrogen) atoms. The third kappa shape index (κ3) is 2.65. The number of carbonyl (C=O) groups excluding carboxylic acids is 1. The summed E-state index contributed by atoms with van der Waals surface area (Å²) in [7, 11) is 0. The van der Waals surface area contributed by atoms with Crippen molar-refractivity contribution in [3.05, 3.63) is 0 Å². The predicted octanol–water partition coefficient (Wildman–Crippen LogP) is 3.01. The van der Waals surface area contributed by atoms with Gasteiger partial charge >= 0.3 is 0 Å². The molecule has 0 aromatic heterocycles. The number of ketones is 1. The van der Waals surface area contributed by atoms with E-state index in [1.165, 1.54) is 32.1 Å². The maximum Gasteiger partial charge on any atom is 0.135 e. The quantitative estimate of drug-likeness (QED) is 0.717. The molecule has 1 saturated heterocycles. The molecule has 1 aliphatic heterocycles. The van der Waals surface area contributed by atoms with Crippen LogP contribution < -0.4 is 0 Å². The van der Waals surface area contributed by atoms with Crippen molar-refractivity contribution >= 4 is 5.78 Å². The Morgan fingerprint density at radius 2 is 1.94 bits per heavy atom. The van der Waals surface area contributed by atoms with E-state index < -0.39 is 0 Å². The molecule has 0 amide bonds. The van der Waals surface area contributed by atoms with Gasteiger partial charge in [0.05, 0.1) is 0 Å². The highest BCUT2D eigenvalue weighted by Crippen LogP contribution is 2.31. The Morgan fingerprint density at radius 1 is 1.25 bits per heavy atom. The summed E-state index contributed by atoms with van der Waals surface area (Å²) in [5.41, 5.74) is 0. The normalized spacial score (nSPS) is 37.6. The van der Waals surface area contributed by atoms with E-state index in [0.717, 1.165) is 31.3 Å². The maximum absolute atomic E-state index is 11.4. The molecule has 2 nitrogen and oxygen atoms in total. The number of hydrogen-bond acceptors (Lipinski definition) is 2. The Bertz CT molecular complexity index is 243. The lowest BCUT2D eigenvalue weighted by atomic mass is 9.82. The Kier molecular flexibility index (Phi) is 4.01. The van der Waals surface area contributed by atoms with Crippen LogP contribution in [0.4, 0.5) is 0 Å². The fourth-order valence-corrected chi connectivity index (χ4v) is 3.45. The first-order valence-corrected chi connectivity index (χ1v) is 6.98. The predicted molar refractivity (Wildman–Crippen MR) is 66.4 cm³/mol. The molecule has 0 radical (unpaired) electrons. The van der Waals surface area contributed by atoms with Crippen LogP contribution in [0.3, 0.4) is 0 Å². The van der Waals surface area contributed by atoms with Crippen molar-refractivity contribution in [1.82, 2.24) is 4.90 Å². The fraction of sp³-hybridized carbons (Fsp3) is 0.929. The number of carbonyl (C=O) groups is 1. The summed E-state index contributed by atoms with van der Waals surface area (Å²) in [6, 6.07) is 1.26. The zero-order chi connectivity index (χ0) is 11.5. The van der Waals surface area contributed by atoms with Gasteiger partial charge in [-0.05, 0) is 38.5 Å². The first-order valence-electron chi connectivity index (χ1n) is 6.98. The van der Waals surface area contributed by atoms with Crippen molar-refractivity contribution in [2.45, 2.75) is 70.9 Å². The van der Waals surface area contributed by atoms with Crippen LogP contribution in [0.5, 0.6) is 0 Å². The average molecular weight is 223 g/mol. The summed E-state index contributed by atoms with van der Waals surface area (Å²) < 4.78 is 0. The number of piperidine rings is 1. The molecule has 2 aliphatic rings. The molecule has 2 rings (SSSR count). The van der Waals surface area contributed by atoms with Gasteiger partial charge in [-0.3, -0.25) is 9.69 Å². The molecule has 0 aromatic carbocycles. The lowest BCUT2D eigenvalue weighted by Gasteiger charge is -2.42. The second-order valence-corrected chi connectivity index (χ2v) is 5.66. The molecule has 1 unspecified atom stereocenters. The van der Waals surface area contributed by atoms with Crippen molar-refractivity contribution in [2.24, 2.45) is 5.92 Å². The van der Waals surface area contributed by atoms with Crippen molar-refractivity contribution in [3.63, 3.8) is 0 Å². The monoisotopic (exact) mass is 223 g/mol. The van der Waals surface area contributed by atoms with Crippen molar-refractivity contribution in [2.75, 3.05) is 6.54 Å². The molecular formula is C14H25NO. The number of Topliss-reactive ketones (excluding diaryl/α,β-unsaturated/α-hetero) is 1. The van der Waals surface area contributed by atoms with Gasteiger partial charge in [-0.25, -0.2) is 0 Å². The average Bonchev–Trinajstić information content (AvgIpc) is 2.29. The van der Waals surface area contributed by atoms with Crippen LogP contribution in [0.1, 0.15) is 58.8 Å². The van der Waals surface area contributed by atoms with E-state index in [9.17, 15) is 4.79 Å². The summed E-state index contributed by atoms with van der Waals surface area (Å²) in [6.45, 7) is 5.55. The Balaban J connectivity index is 1.86. The number of nitrogens with zero attached hydrogens (tertiary/aromatic N) is 1. The van der Waals surface area contributed by atoms with Crippen LogP contribution >= 0.6 is 0 Å².